The number of likely N-dealkylation sites (N-methyl/N-ethyl adjacent to an activating group) is 1. The van der Waals surface area contributed by atoms with Crippen LogP contribution in [0.3, 0.4) is 0 Å². The van der Waals surface area contributed by atoms with Crippen LogP contribution in [0, 0.1) is 0 Å². The van der Waals surface area contributed by atoms with E-state index >= 15 is 0 Å². The van der Waals surface area contributed by atoms with Crippen molar-refractivity contribution in [2.24, 2.45) is 10.9 Å². The highest BCUT2D eigenvalue weighted by molar-refractivity contribution is 5.96. The quantitative estimate of drug-likeness (QED) is 0.328. The first-order valence-corrected chi connectivity index (χ1v) is 7.18. The molecule has 2 rings (SSSR count). The van der Waals surface area contributed by atoms with Gasteiger partial charge in [0.15, 0.2) is 5.84 Å². The summed E-state index contributed by atoms with van der Waals surface area (Å²) in [7, 11) is 2.21. The molecule has 1 aromatic rings. The second kappa shape index (κ2) is 7.26. The maximum Gasteiger partial charge on any atom is 0.170 e. The SMILES string of the molecule is CN1CCCCC1CNCc1ccc(C(N)=NO)cc1. The van der Waals surface area contributed by atoms with E-state index < -0.39 is 0 Å². The fraction of sp³-hybridized carbons (Fsp3) is 0.533. The van der Waals surface area contributed by atoms with E-state index in [1.54, 1.807) is 0 Å². The first-order chi connectivity index (χ1) is 9.70. The summed E-state index contributed by atoms with van der Waals surface area (Å²) in [6.45, 7) is 3.08. The third kappa shape index (κ3) is 3.95. The average Bonchev–Trinajstić information content (AvgIpc) is 2.49. The number of benzene rings is 1. The van der Waals surface area contributed by atoms with Gasteiger partial charge in [0.05, 0.1) is 0 Å². The van der Waals surface area contributed by atoms with Crippen LogP contribution in [-0.2, 0) is 6.54 Å². The summed E-state index contributed by atoms with van der Waals surface area (Å²) in [5.41, 5.74) is 7.48. The zero-order chi connectivity index (χ0) is 14.4. The molecule has 5 heteroatoms. The van der Waals surface area contributed by atoms with Gasteiger partial charge in [-0.3, -0.25) is 0 Å². The monoisotopic (exact) mass is 276 g/mol. The van der Waals surface area contributed by atoms with Crippen molar-refractivity contribution in [3.8, 4) is 0 Å². The van der Waals surface area contributed by atoms with Gasteiger partial charge in [0.25, 0.3) is 0 Å². The van der Waals surface area contributed by atoms with Crippen LogP contribution in [0.15, 0.2) is 29.4 Å². The number of rotatable bonds is 5. The lowest BCUT2D eigenvalue weighted by molar-refractivity contribution is 0.181. The van der Waals surface area contributed by atoms with Gasteiger partial charge >= 0.3 is 0 Å². The molecular formula is C15H24N4O. The Morgan fingerprint density at radius 1 is 1.40 bits per heavy atom. The Hall–Kier alpha value is -1.59. The third-order valence-corrected chi connectivity index (χ3v) is 3.99. The molecule has 0 radical (unpaired) electrons. The zero-order valence-corrected chi connectivity index (χ0v) is 12.0. The van der Waals surface area contributed by atoms with E-state index in [1.807, 2.05) is 24.3 Å². The Morgan fingerprint density at radius 3 is 2.80 bits per heavy atom. The number of nitrogens with zero attached hydrogens (tertiary/aromatic N) is 2. The van der Waals surface area contributed by atoms with Gasteiger partial charge in [-0.15, -0.1) is 0 Å². The van der Waals surface area contributed by atoms with E-state index in [1.165, 1.54) is 31.4 Å². The van der Waals surface area contributed by atoms with Crippen LogP contribution in [0.5, 0.6) is 0 Å². The summed E-state index contributed by atoms with van der Waals surface area (Å²) in [6, 6.07) is 8.41. The molecule has 1 atom stereocenters. The summed E-state index contributed by atoms with van der Waals surface area (Å²) < 4.78 is 0. The second-order valence-electron chi connectivity index (χ2n) is 5.44. The van der Waals surface area contributed by atoms with Crippen LogP contribution in [0.2, 0.25) is 0 Å². The molecule has 0 bridgehead atoms. The molecule has 1 unspecified atom stereocenters. The molecule has 0 aliphatic carbocycles. The number of hydrogen-bond acceptors (Lipinski definition) is 4. The molecule has 20 heavy (non-hydrogen) atoms. The van der Waals surface area contributed by atoms with Gasteiger partial charge in [0.2, 0.25) is 0 Å². The molecule has 0 amide bonds. The molecule has 5 nitrogen and oxygen atoms in total. The minimum atomic E-state index is 0.147. The van der Waals surface area contributed by atoms with Crippen LogP contribution in [0.4, 0.5) is 0 Å². The van der Waals surface area contributed by atoms with Crippen molar-refractivity contribution in [1.82, 2.24) is 10.2 Å². The van der Waals surface area contributed by atoms with E-state index in [-0.39, 0.29) is 5.84 Å². The Labute approximate surface area is 120 Å². The zero-order valence-electron chi connectivity index (χ0n) is 12.0. The molecule has 1 aromatic carbocycles. The number of oxime groups is 1. The lowest BCUT2D eigenvalue weighted by Gasteiger charge is -2.32. The summed E-state index contributed by atoms with van der Waals surface area (Å²) in [4.78, 5) is 2.44. The van der Waals surface area contributed by atoms with Crippen LogP contribution >= 0.6 is 0 Å². The minimum absolute atomic E-state index is 0.147. The van der Waals surface area contributed by atoms with Crippen LogP contribution in [0.1, 0.15) is 30.4 Å². The van der Waals surface area contributed by atoms with E-state index in [9.17, 15) is 0 Å². The van der Waals surface area contributed by atoms with Crippen molar-refractivity contribution >= 4 is 5.84 Å². The van der Waals surface area contributed by atoms with Crippen molar-refractivity contribution in [3.63, 3.8) is 0 Å². The predicted molar refractivity (Wildman–Crippen MR) is 80.9 cm³/mol. The second-order valence-corrected chi connectivity index (χ2v) is 5.44. The average molecular weight is 276 g/mol. The first kappa shape index (κ1) is 14.8. The number of hydrogen-bond donors (Lipinski definition) is 3. The number of nitrogens with one attached hydrogen (secondary N) is 1. The number of piperidine rings is 1. The number of nitrogens with two attached hydrogens (primary N) is 1. The Bertz CT molecular complexity index is 444. The maximum atomic E-state index is 8.61. The topological polar surface area (TPSA) is 73.9 Å². The Morgan fingerprint density at radius 2 is 2.15 bits per heavy atom. The fourth-order valence-corrected chi connectivity index (χ4v) is 2.64. The largest absolute Gasteiger partial charge is 0.409 e. The van der Waals surface area contributed by atoms with Crippen molar-refractivity contribution in [2.75, 3.05) is 20.1 Å². The van der Waals surface area contributed by atoms with Crippen LogP contribution in [-0.4, -0.2) is 42.1 Å². The Kier molecular flexibility index (Phi) is 5.38. The maximum absolute atomic E-state index is 8.61. The van der Waals surface area contributed by atoms with Gasteiger partial charge in [0.1, 0.15) is 0 Å². The molecule has 1 saturated heterocycles. The van der Waals surface area contributed by atoms with E-state index in [4.69, 9.17) is 10.9 Å². The van der Waals surface area contributed by atoms with Crippen LogP contribution < -0.4 is 11.1 Å². The van der Waals surface area contributed by atoms with Gasteiger partial charge in [-0.05, 0) is 32.0 Å². The van der Waals surface area contributed by atoms with E-state index in [2.05, 4.69) is 22.4 Å². The minimum Gasteiger partial charge on any atom is -0.409 e. The molecule has 1 heterocycles. The van der Waals surface area contributed by atoms with Gasteiger partial charge in [-0.25, -0.2) is 0 Å². The van der Waals surface area contributed by atoms with Crippen molar-refractivity contribution in [3.05, 3.63) is 35.4 Å². The molecule has 0 saturated carbocycles. The highest BCUT2D eigenvalue weighted by Crippen LogP contribution is 2.14. The first-order valence-electron chi connectivity index (χ1n) is 7.18. The predicted octanol–water partition coefficient (Wildman–Crippen LogP) is 1.35. The summed E-state index contributed by atoms with van der Waals surface area (Å²) in [5, 5.41) is 15.1. The van der Waals surface area contributed by atoms with Gasteiger partial charge in [-0.2, -0.15) is 0 Å². The highest BCUT2D eigenvalue weighted by atomic mass is 16.4. The molecule has 0 aromatic heterocycles. The molecule has 1 aliphatic heterocycles. The lowest BCUT2D eigenvalue weighted by Crippen LogP contribution is -2.42. The fourth-order valence-electron chi connectivity index (χ4n) is 2.64. The molecule has 1 fully saturated rings. The molecule has 110 valence electrons. The molecule has 0 spiro atoms. The van der Waals surface area contributed by atoms with Gasteiger partial charge < -0.3 is 21.2 Å². The number of amidine groups is 1. The molecule has 1 aliphatic rings. The summed E-state index contributed by atoms with van der Waals surface area (Å²) in [5.74, 6) is 0.147. The third-order valence-electron chi connectivity index (χ3n) is 3.99. The van der Waals surface area contributed by atoms with Crippen LogP contribution in [0.25, 0.3) is 0 Å². The Balaban J connectivity index is 1.79. The highest BCUT2D eigenvalue weighted by Gasteiger charge is 2.17. The number of likely N-dealkylation sites (tertiary alicyclic amines) is 1. The smallest absolute Gasteiger partial charge is 0.170 e. The summed E-state index contributed by atoms with van der Waals surface area (Å²) >= 11 is 0. The normalized spacial score (nSPS) is 21.1. The van der Waals surface area contributed by atoms with Gasteiger partial charge in [-0.1, -0.05) is 35.8 Å². The van der Waals surface area contributed by atoms with E-state index in [0.717, 1.165) is 18.7 Å². The summed E-state index contributed by atoms with van der Waals surface area (Å²) in [6.07, 6.45) is 3.94. The van der Waals surface area contributed by atoms with Crippen molar-refractivity contribution in [1.29, 1.82) is 0 Å². The molecular weight excluding hydrogens is 252 g/mol. The van der Waals surface area contributed by atoms with E-state index in [0.29, 0.717) is 6.04 Å². The lowest BCUT2D eigenvalue weighted by atomic mass is 10.0. The van der Waals surface area contributed by atoms with Crippen molar-refractivity contribution in [2.45, 2.75) is 31.8 Å². The molecule has 4 N–H and O–H groups in total. The standard InChI is InChI=1S/C15H24N4O/c1-19-9-3-2-4-14(19)11-17-10-12-5-7-13(8-6-12)15(16)18-20/h5-8,14,17,20H,2-4,9-11H2,1H3,(H2,16,18). The van der Waals surface area contributed by atoms with Crippen molar-refractivity contribution < 1.29 is 5.21 Å². The van der Waals surface area contributed by atoms with Gasteiger partial charge in [0, 0.05) is 24.7 Å².